The Balaban J connectivity index is 1.57. The molecule has 4 heterocycles. The van der Waals surface area contributed by atoms with E-state index in [0.29, 0.717) is 28.6 Å². The Bertz CT molecular complexity index is 1220. The number of amides is 3. The highest BCUT2D eigenvalue weighted by Crippen LogP contribution is 2.61. The highest BCUT2D eigenvalue weighted by molar-refractivity contribution is 6.38. The number of carbonyl (C=O) groups is 3. The molecule has 4 atom stereocenters. The van der Waals surface area contributed by atoms with Crippen LogP contribution in [0.2, 0.25) is 10.0 Å². The quantitative estimate of drug-likeness (QED) is 0.678. The van der Waals surface area contributed by atoms with E-state index in [2.05, 4.69) is 10.2 Å². The molecule has 0 aliphatic carbocycles. The largest absolute Gasteiger partial charge is 0.497 e. The summed E-state index contributed by atoms with van der Waals surface area (Å²) >= 11 is 12.5. The predicted molar refractivity (Wildman–Crippen MR) is 119 cm³/mol. The molecule has 0 unspecified atom stereocenters. The molecule has 3 saturated heterocycles. The Morgan fingerprint density at radius 1 is 1.09 bits per heavy atom. The van der Waals surface area contributed by atoms with E-state index in [1.54, 1.807) is 37.4 Å². The van der Waals surface area contributed by atoms with Gasteiger partial charge in [0.25, 0.3) is 0 Å². The number of methoxy groups -OCH3 is 1. The van der Waals surface area contributed by atoms with E-state index >= 15 is 0 Å². The van der Waals surface area contributed by atoms with Crippen LogP contribution in [0.15, 0.2) is 36.4 Å². The van der Waals surface area contributed by atoms with E-state index in [-0.39, 0.29) is 28.6 Å². The van der Waals surface area contributed by atoms with Gasteiger partial charge in [0.2, 0.25) is 17.7 Å². The first-order valence-electron chi connectivity index (χ1n) is 10.5. The first-order chi connectivity index (χ1) is 15.4. The zero-order valence-corrected chi connectivity index (χ0v) is 18.6. The number of benzene rings is 2. The maximum atomic E-state index is 13.9. The Labute approximate surface area is 194 Å². The molecule has 0 saturated carbocycles. The van der Waals surface area contributed by atoms with Crippen molar-refractivity contribution >= 4 is 52.3 Å². The summed E-state index contributed by atoms with van der Waals surface area (Å²) in [4.78, 5) is 44.5. The van der Waals surface area contributed by atoms with Crippen molar-refractivity contribution in [1.82, 2.24) is 4.90 Å². The fourth-order valence-corrected chi connectivity index (χ4v) is 6.57. The van der Waals surface area contributed by atoms with E-state index in [1.807, 2.05) is 0 Å². The van der Waals surface area contributed by atoms with Crippen LogP contribution in [0.3, 0.4) is 0 Å². The number of ether oxygens (including phenoxy) is 1. The van der Waals surface area contributed by atoms with Gasteiger partial charge in [-0.25, -0.2) is 4.90 Å². The molecule has 4 aliphatic rings. The summed E-state index contributed by atoms with van der Waals surface area (Å²) in [5.74, 6) is -1.94. The second-order valence-corrected chi connectivity index (χ2v) is 9.49. The van der Waals surface area contributed by atoms with Gasteiger partial charge < -0.3 is 10.1 Å². The van der Waals surface area contributed by atoms with E-state index in [1.165, 1.54) is 6.07 Å². The van der Waals surface area contributed by atoms with Crippen molar-refractivity contribution in [2.24, 2.45) is 11.8 Å². The van der Waals surface area contributed by atoms with Gasteiger partial charge in [0.05, 0.1) is 29.7 Å². The molecule has 3 fully saturated rings. The average molecular weight is 472 g/mol. The van der Waals surface area contributed by atoms with Crippen molar-refractivity contribution in [1.29, 1.82) is 0 Å². The fraction of sp³-hybridized carbons (Fsp3) is 0.348. The lowest BCUT2D eigenvalue weighted by molar-refractivity contribution is -0.135. The molecule has 164 valence electrons. The van der Waals surface area contributed by atoms with Crippen LogP contribution in [0.1, 0.15) is 18.4 Å². The smallest absolute Gasteiger partial charge is 0.250 e. The van der Waals surface area contributed by atoms with Crippen LogP contribution in [-0.4, -0.2) is 42.3 Å². The summed E-state index contributed by atoms with van der Waals surface area (Å²) in [6.07, 6.45) is 1.59. The molecule has 0 bridgehead atoms. The lowest BCUT2D eigenvalue weighted by Crippen LogP contribution is -2.54. The summed E-state index contributed by atoms with van der Waals surface area (Å²) < 4.78 is 5.42. The molecule has 4 aliphatic heterocycles. The van der Waals surface area contributed by atoms with Crippen LogP contribution < -0.4 is 15.0 Å². The molecule has 32 heavy (non-hydrogen) atoms. The van der Waals surface area contributed by atoms with Gasteiger partial charge in [-0.2, -0.15) is 0 Å². The lowest BCUT2D eigenvalue weighted by Gasteiger charge is -2.36. The first-order valence-corrected chi connectivity index (χ1v) is 11.2. The molecule has 3 amide bonds. The monoisotopic (exact) mass is 471 g/mol. The van der Waals surface area contributed by atoms with E-state index in [4.69, 9.17) is 27.9 Å². The first kappa shape index (κ1) is 20.0. The van der Waals surface area contributed by atoms with Gasteiger partial charge >= 0.3 is 0 Å². The molecule has 7 nitrogen and oxygen atoms in total. The number of hydrogen-bond acceptors (Lipinski definition) is 5. The van der Waals surface area contributed by atoms with Gasteiger partial charge in [-0.15, -0.1) is 0 Å². The SMILES string of the molecule is COc1ccc2c(c1)[C@]1(C(=O)N2)[C@@H]2C(=O)N(c3cc(Cl)ccc3Cl)C(=O)[C@H]2[C@H]2CCCN21. The van der Waals surface area contributed by atoms with Crippen molar-refractivity contribution in [2.45, 2.75) is 24.4 Å². The highest BCUT2D eigenvalue weighted by atomic mass is 35.5. The Morgan fingerprint density at radius 2 is 1.91 bits per heavy atom. The normalized spacial score (nSPS) is 30.7. The van der Waals surface area contributed by atoms with Crippen molar-refractivity contribution in [3.63, 3.8) is 0 Å². The van der Waals surface area contributed by atoms with Gasteiger partial charge in [-0.3, -0.25) is 19.3 Å². The molecule has 9 heteroatoms. The third kappa shape index (κ3) is 2.28. The standard InChI is InChI=1S/C23H19Cl2N3O4/c1-32-12-5-7-15-13(10-12)23(22(31)26-15)19-18(16-3-2-8-27(16)23)20(29)28(21(19)30)17-9-11(24)4-6-14(17)25/h4-7,9-10,16,18-19H,2-3,8H2,1H3,(H,26,31)/t16-,18+,19+,23-/m1/s1. The number of nitrogens with one attached hydrogen (secondary N) is 1. The second-order valence-electron chi connectivity index (χ2n) is 8.65. The zero-order chi connectivity index (χ0) is 22.4. The van der Waals surface area contributed by atoms with Crippen molar-refractivity contribution < 1.29 is 19.1 Å². The summed E-state index contributed by atoms with van der Waals surface area (Å²) in [6.45, 7) is 0.639. The Hall–Kier alpha value is -2.61. The minimum absolute atomic E-state index is 0.206. The van der Waals surface area contributed by atoms with Gasteiger partial charge in [0.15, 0.2) is 0 Å². The lowest BCUT2D eigenvalue weighted by atomic mass is 9.75. The third-order valence-corrected chi connectivity index (χ3v) is 7.90. The molecular formula is C23H19Cl2N3O4. The van der Waals surface area contributed by atoms with Crippen LogP contribution in [0, 0.1) is 11.8 Å². The van der Waals surface area contributed by atoms with Crippen LogP contribution in [0.5, 0.6) is 5.75 Å². The van der Waals surface area contributed by atoms with Crippen molar-refractivity contribution in [3.05, 3.63) is 52.0 Å². The van der Waals surface area contributed by atoms with Gasteiger partial charge in [-0.1, -0.05) is 23.2 Å². The minimum Gasteiger partial charge on any atom is -0.497 e. The Morgan fingerprint density at radius 3 is 2.69 bits per heavy atom. The van der Waals surface area contributed by atoms with Gasteiger partial charge in [0.1, 0.15) is 11.3 Å². The van der Waals surface area contributed by atoms with Crippen LogP contribution in [0.4, 0.5) is 11.4 Å². The van der Waals surface area contributed by atoms with Crippen LogP contribution in [0.25, 0.3) is 0 Å². The number of hydrogen-bond donors (Lipinski definition) is 1. The summed E-state index contributed by atoms with van der Waals surface area (Å²) in [7, 11) is 1.56. The van der Waals surface area contributed by atoms with E-state index < -0.39 is 23.3 Å². The van der Waals surface area contributed by atoms with Crippen molar-refractivity contribution in [2.75, 3.05) is 23.9 Å². The molecule has 2 aromatic rings. The molecule has 0 radical (unpaired) electrons. The minimum atomic E-state index is -1.26. The Kier molecular flexibility index (Phi) is 4.19. The molecule has 1 N–H and O–H groups in total. The molecule has 0 aromatic heterocycles. The molecule has 1 spiro atoms. The van der Waals surface area contributed by atoms with Crippen LogP contribution in [-0.2, 0) is 19.9 Å². The van der Waals surface area contributed by atoms with E-state index in [0.717, 1.165) is 17.7 Å². The highest BCUT2D eigenvalue weighted by Gasteiger charge is 2.74. The zero-order valence-electron chi connectivity index (χ0n) is 17.1. The average Bonchev–Trinajstić information content (AvgIpc) is 3.48. The van der Waals surface area contributed by atoms with E-state index in [9.17, 15) is 14.4 Å². The maximum Gasteiger partial charge on any atom is 0.250 e. The number of rotatable bonds is 2. The topological polar surface area (TPSA) is 79.0 Å². The molecule has 6 rings (SSSR count). The molecule has 2 aromatic carbocycles. The van der Waals surface area contributed by atoms with Gasteiger partial charge in [0, 0.05) is 22.3 Å². The summed E-state index contributed by atoms with van der Waals surface area (Å²) in [5, 5.41) is 3.58. The number of anilines is 2. The van der Waals surface area contributed by atoms with Crippen LogP contribution >= 0.6 is 23.2 Å². The number of halogens is 2. The fourth-order valence-electron chi connectivity index (χ4n) is 6.20. The summed E-state index contributed by atoms with van der Waals surface area (Å²) in [6, 6.07) is 9.84. The second kappa shape index (κ2) is 6.70. The number of nitrogens with zero attached hydrogens (tertiary/aromatic N) is 2. The third-order valence-electron chi connectivity index (χ3n) is 7.35. The number of imide groups is 1. The maximum absolute atomic E-state index is 13.9. The number of fused-ring (bicyclic) bond motifs is 7. The number of carbonyl (C=O) groups excluding carboxylic acids is 3. The molecular weight excluding hydrogens is 453 g/mol. The van der Waals surface area contributed by atoms with Crippen molar-refractivity contribution in [3.8, 4) is 5.75 Å². The predicted octanol–water partition coefficient (Wildman–Crippen LogP) is 3.43. The van der Waals surface area contributed by atoms with Gasteiger partial charge in [-0.05, 0) is 55.8 Å². The summed E-state index contributed by atoms with van der Waals surface area (Å²) in [5.41, 5.74) is 0.318.